The highest BCUT2D eigenvalue weighted by atomic mass is 14.7. The predicted molar refractivity (Wildman–Crippen MR) is 76.7 cm³/mol. The number of rotatable bonds is 5. The van der Waals surface area contributed by atoms with Gasteiger partial charge in [0.1, 0.15) is 0 Å². The summed E-state index contributed by atoms with van der Waals surface area (Å²) in [6.45, 7) is 16.5. The van der Waals surface area contributed by atoms with Crippen LogP contribution in [-0.2, 0) is 0 Å². The van der Waals surface area contributed by atoms with Crippen LogP contribution in [0.1, 0.15) is 54.9 Å². The van der Waals surface area contributed by atoms with E-state index in [1.807, 2.05) is 0 Å². The lowest BCUT2D eigenvalue weighted by Gasteiger charge is -2.53. The summed E-state index contributed by atoms with van der Waals surface area (Å²) in [6, 6.07) is 0.368. The Bertz CT molecular complexity index is 224. The standard InChI is InChI=1S/C16H33N/c1-9(2)15-12(6)14(13(15)7)8-11(5)16(17)10(3)4/h9-16H,8,17H2,1-7H3. The summed E-state index contributed by atoms with van der Waals surface area (Å²) in [6.07, 6.45) is 1.32. The van der Waals surface area contributed by atoms with Crippen molar-refractivity contribution in [2.75, 3.05) is 0 Å². The molecule has 1 rings (SSSR count). The van der Waals surface area contributed by atoms with E-state index >= 15 is 0 Å². The van der Waals surface area contributed by atoms with Gasteiger partial charge in [0, 0.05) is 6.04 Å². The largest absolute Gasteiger partial charge is 0.327 e. The summed E-state index contributed by atoms with van der Waals surface area (Å²) >= 11 is 0. The quantitative estimate of drug-likeness (QED) is 0.765. The predicted octanol–water partition coefficient (Wildman–Crippen LogP) is 4.17. The van der Waals surface area contributed by atoms with Crippen LogP contribution in [-0.4, -0.2) is 6.04 Å². The van der Waals surface area contributed by atoms with Crippen LogP contribution in [0.15, 0.2) is 0 Å². The summed E-state index contributed by atoms with van der Waals surface area (Å²) in [5, 5.41) is 0. The first-order valence-corrected chi connectivity index (χ1v) is 7.52. The summed E-state index contributed by atoms with van der Waals surface area (Å²) in [7, 11) is 0. The molecule has 1 nitrogen and oxygen atoms in total. The molecule has 0 bridgehead atoms. The molecule has 0 aliphatic heterocycles. The molecule has 4 atom stereocenters. The maximum atomic E-state index is 6.27. The van der Waals surface area contributed by atoms with E-state index < -0.39 is 0 Å². The molecule has 1 fully saturated rings. The van der Waals surface area contributed by atoms with E-state index in [9.17, 15) is 0 Å². The van der Waals surface area contributed by atoms with Crippen LogP contribution >= 0.6 is 0 Å². The average Bonchev–Trinajstić information content (AvgIpc) is 2.23. The van der Waals surface area contributed by atoms with E-state index in [0.717, 1.165) is 29.6 Å². The molecule has 1 aliphatic rings. The smallest absolute Gasteiger partial charge is 0.00878 e. The molecule has 0 aromatic rings. The number of hydrogen-bond acceptors (Lipinski definition) is 1. The van der Waals surface area contributed by atoms with Crippen molar-refractivity contribution in [2.45, 2.75) is 60.9 Å². The van der Waals surface area contributed by atoms with Gasteiger partial charge >= 0.3 is 0 Å². The molecule has 102 valence electrons. The third kappa shape index (κ3) is 3.05. The summed E-state index contributed by atoms with van der Waals surface area (Å²) in [5.41, 5.74) is 6.27. The lowest BCUT2D eigenvalue weighted by molar-refractivity contribution is -0.0437. The summed E-state index contributed by atoms with van der Waals surface area (Å²) in [4.78, 5) is 0. The first-order chi connectivity index (χ1) is 7.77. The van der Waals surface area contributed by atoms with Crippen molar-refractivity contribution in [1.29, 1.82) is 0 Å². The van der Waals surface area contributed by atoms with Crippen LogP contribution in [0.4, 0.5) is 0 Å². The first-order valence-electron chi connectivity index (χ1n) is 7.52. The second-order valence-corrected chi connectivity index (χ2v) is 7.24. The topological polar surface area (TPSA) is 26.0 Å². The Morgan fingerprint density at radius 2 is 1.41 bits per heavy atom. The van der Waals surface area contributed by atoms with Crippen LogP contribution in [0.2, 0.25) is 0 Å². The van der Waals surface area contributed by atoms with Crippen LogP contribution in [0.25, 0.3) is 0 Å². The molecule has 0 amide bonds. The van der Waals surface area contributed by atoms with E-state index in [4.69, 9.17) is 5.73 Å². The highest BCUT2D eigenvalue weighted by molar-refractivity contribution is 4.95. The van der Waals surface area contributed by atoms with E-state index in [1.165, 1.54) is 6.42 Å². The molecule has 0 saturated heterocycles. The van der Waals surface area contributed by atoms with Gasteiger partial charge in [-0.15, -0.1) is 0 Å². The SMILES string of the molecule is CC(C)C(N)C(C)CC1C(C)C(C(C)C)C1C. The lowest BCUT2D eigenvalue weighted by Crippen LogP contribution is -2.48. The molecule has 0 aromatic carbocycles. The van der Waals surface area contributed by atoms with Gasteiger partial charge in [0.15, 0.2) is 0 Å². The molecule has 1 saturated carbocycles. The van der Waals surface area contributed by atoms with E-state index in [1.54, 1.807) is 0 Å². The Morgan fingerprint density at radius 3 is 1.76 bits per heavy atom. The fourth-order valence-corrected chi connectivity index (χ4v) is 4.27. The first kappa shape index (κ1) is 15.0. The maximum absolute atomic E-state index is 6.27. The zero-order valence-corrected chi connectivity index (χ0v) is 12.9. The van der Waals surface area contributed by atoms with Crippen LogP contribution in [0, 0.1) is 41.4 Å². The van der Waals surface area contributed by atoms with Crippen molar-refractivity contribution >= 4 is 0 Å². The van der Waals surface area contributed by atoms with Crippen molar-refractivity contribution in [3.63, 3.8) is 0 Å². The molecule has 0 radical (unpaired) electrons. The molecular weight excluding hydrogens is 206 g/mol. The van der Waals surface area contributed by atoms with Gasteiger partial charge in [-0.2, -0.15) is 0 Å². The second-order valence-electron chi connectivity index (χ2n) is 7.24. The third-order valence-electron chi connectivity index (χ3n) is 5.41. The number of nitrogens with two attached hydrogens (primary N) is 1. The Kier molecular flexibility index (Phi) is 5.07. The van der Waals surface area contributed by atoms with Gasteiger partial charge in [-0.3, -0.25) is 0 Å². The van der Waals surface area contributed by atoms with Gasteiger partial charge in [0.2, 0.25) is 0 Å². The molecule has 0 heterocycles. The van der Waals surface area contributed by atoms with Crippen molar-refractivity contribution < 1.29 is 0 Å². The molecular formula is C16H33N. The Hall–Kier alpha value is -0.0400. The van der Waals surface area contributed by atoms with Crippen LogP contribution in [0.3, 0.4) is 0 Å². The Morgan fingerprint density at radius 1 is 0.941 bits per heavy atom. The van der Waals surface area contributed by atoms with Gasteiger partial charge in [-0.05, 0) is 47.8 Å². The minimum atomic E-state index is 0.368. The van der Waals surface area contributed by atoms with Crippen molar-refractivity contribution in [3.8, 4) is 0 Å². The van der Waals surface area contributed by atoms with Gasteiger partial charge in [0.05, 0.1) is 0 Å². The summed E-state index contributed by atoms with van der Waals surface area (Å²) in [5.74, 6) is 5.74. The van der Waals surface area contributed by atoms with Gasteiger partial charge in [0.25, 0.3) is 0 Å². The molecule has 17 heavy (non-hydrogen) atoms. The van der Waals surface area contributed by atoms with Crippen LogP contribution < -0.4 is 5.73 Å². The molecule has 1 aliphatic carbocycles. The minimum Gasteiger partial charge on any atom is -0.327 e. The molecule has 0 spiro atoms. The Balaban J connectivity index is 2.49. The number of hydrogen-bond donors (Lipinski definition) is 1. The molecule has 2 N–H and O–H groups in total. The maximum Gasteiger partial charge on any atom is 0.00878 e. The highest BCUT2D eigenvalue weighted by Crippen LogP contribution is 2.52. The normalized spacial score (nSPS) is 37.1. The van der Waals surface area contributed by atoms with Gasteiger partial charge < -0.3 is 5.73 Å². The Labute approximate surface area is 109 Å². The fourth-order valence-electron chi connectivity index (χ4n) is 4.27. The zero-order chi connectivity index (χ0) is 13.3. The van der Waals surface area contributed by atoms with Gasteiger partial charge in [-0.25, -0.2) is 0 Å². The molecule has 1 heteroatoms. The minimum absolute atomic E-state index is 0.368. The monoisotopic (exact) mass is 239 g/mol. The van der Waals surface area contributed by atoms with E-state index in [-0.39, 0.29) is 0 Å². The summed E-state index contributed by atoms with van der Waals surface area (Å²) < 4.78 is 0. The van der Waals surface area contributed by atoms with E-state index in [0.29, 0.717) is 17.9 Å². The second kappa shape index (κ2) is 5.73. The molecule has 0 aromatic heterocycles. The highest BCUT2D eigenvalue weighted by Gasteiger charge is 2.46. The van der Waals surface area contributed by atoms with Crippen molar-refractivity contribution in [2.24, 2.45) is 47.2 Å². The fraction of sp³-hybridized carbons (Fsp3) is 1.00. The lowest BCUT2D eigenvalue weighted by atomic mass is 9.52. The van der Waals surface area contributed by atoms with Crippen molar-refractivity contribution in [1.82, 2.24) is 0 Å². The van der Waals surface area contributed by atoms with E-state index in [2.05, 4.69) is 48.5 Å². The zero-order valence-electron chi connectivity index (χ0n) is 12.9. The third-order valence-corrected chi connectivity index (χ3v) is 5.41. The molecule has 4 unspecified atom stereocenters. The van der Waals surface area contributed by atoms with Crippen molar-refractivity contribution in [3.05, 3.63) is 0 Å². The van der Waals surface area contributed by atoms with Crippen LogP contribution in [0.5, 0.6) is 0 Å². The average molecular weight is 239 g/mol. The van der Waals surface area contributed by atoms with Gasteiger partial charge in [-0.1, -0.05) is 48.5 Å².